The van der Waals surface area contributed by atoms with Crippen LogP contribution in [-0.2, 0) is 11.3 Å². The summed E-state index contributed by atoms with van der Waals surface area (Å²) in [6.07, 6.45) is 0. The number of hydrogen-bond donors (Lipinski definition) is 1. The third-order valence-electron chi connectivity index (χ3n) is 2.26. The average molecular weight is 243 g/mol. The van der Waals surface area contributed by atoms with Crippen LogP contribution in [0.5, 0.6) is 0 Å². The maximum Gasteiger partial charge on any atom is 0.236 e. The molecule has 0 atom stereocenters. The number of nitrogens with zero attached hydrogens (tertiary/aromatic N) is 1. The first-order valence-corrected chi connectivity index (χ1v) is 5.07. The Hall–Kier alpha value is -1.06. The molecule has 16 heavy (non-hydrogen) atoms. The normalized spacial score (nSPS) is 9.44. The third-order valence-corrected chi connectivity index (χ3v) is 2.26. The minimum atomic E-state index is 0. The van der Waals surface area contributed by atoms with E-state index in [0.717, 1.165) is 0 Å². The number of carbonyl (C=O) groups excluding carboxylic acids is 1. The molecule has 0 spiro atoms. The molecule has 0 bridgehead atoms. The predicted octanol–water partition coefficient (Wildman–Crippen LogP) is 1.59. The second kappa shape index (κ2) is 7.25. The van der Waals surface area contributed by atoms with E-state index in [2.05, 4.69) is 24.4 Å². The molecule has 1 aromatic rings. The van der Waals surface area contributed by atoms with E-state index in [0.29, 0.717) is 13.1 Å². The molecule has 0 radical (unpaired) electrons. The molecule has 0 unspecified atom stereocenters. The zero-order valence-electron chi connectivity index (χ0n) is 9.99. The molecule has 0 saturated carbocycles. The Morgan fingerprint density at radius 1 is 1.44 bits per heavy atom. The molecule has 1 aromatic carbocycles. The average Bonchev–Trinajstić information content (AvgIpc) is 2.18. The van der Waals surface area contributed by atoms with Crippen LogP contribution >= 0.6 is 12.4 Å². The maximum atomic E-state index is 11.5. The molecular weight excluding hydrogens is 224 g/mol. The molecule has 4 heteroatoms. The van der Waals surface area contributed by atoms with Crippen LogP contribution in [0.3, 0.4) is 0 Å². The molecule has 3 nitrogen and oxygen atoms in total. The first-order valence-electron chi connectivity index (χ1n) is 5.07. The monoisotopic (exact) mass is 242 g/mol. The van der Waals surface area contributed by atoms with Crippen molar-refractivity contribution in [1.29, 1.82) is 0 Å². The van der Waals surface area contributed by atoms with Crippen molar-refractivity contribution in [3.63, 3.8) is 0 Å². The van der Waals surface area contributed by atoms with Crippen LogP contribution in [0.1, 0.15) is 11.1 Å². The highest BCUT2D eigenvalue weighted by Crippen LogP contribution is 2.06. The van der Waals surface area contributed by atoms with E-state index in [1.807, 2.05) is 19.2 Å². The molecule has 1 amide bonds. The summed E-state index contributed by atoms with van der Waals surface area (Å²) in [4.78, 5) is 13.2. The van der Waals surface area contributed by atoms with Crippen molar-refractivity contribution in [3.05, 3.63) is 35.4 Å². The second-order valence-electron chi connectivity index (χ2n) is 3.77. The van der Waals surface area contributed by atoms with Crippen LogP contribution in [0.25, 0.3) is 0 Å². The van der Waals surface area contributed by atoms with Crippen LogP contribution in [0.15, 0.2) is 24.3 Å². The first kappa shape index (κ1) is 14.9. The van der Waals surface area contributed by atoms with Crippen molar-refractivity contribution in [2.45, 2.75) is 13.5 Å². The molecule has 0 fully saturated rings. The van der Waals surface area contributed by atoms with Gasteiger partial charge >= 0.3 is 0 Å². The van der Waals surface area contributed by atoms with E-state index in [9.17, 15) is 4.79 Å². The highest BCUT2D eigenvalue weighted by atomic mass is 35.5. The summed E-state index contributed by atoms with van der Waals surface area (Å²) in [6.45, 7) is 3.11. The molecule has 1 rings (SSSR count). The molecular formula is C12H19ClN2O. The zero-order valence-corrected chi connectivity index (χ0v) is 10.8. The Bertz CT molecular complexity index is 342. The summed E-state index contributed by atoms with van der Waals surface area (Å²) >= 11 is 0. The Labute approximate surface area is 103 Å². The Morgan fingerprint density at radius 2 is 2.12 bits per heavy atom. The van der Waals surface area contributed by atoms with Crippen LogP contribution in [0.4, 0.5) is 0 Å². The van der Waals surface area contributed by atoms with Crippen molar-refractivity contribution < 1.29 is 4.79 Å². The van der Waals surface area contributed by atoms with Gasteiger partial charge in [0.25, 0.3) is 0 Å². The van der Waals surface area contributed by atoms with Gasteiger partial charge in [0.2, 0.25) is 5.91 Å². The number of halogens is 1. The summed E-state index contributed by atoms with van der Waals surface area (Å²) in [5.74, 6) is 0.110. The number of carbonyl (C=O) groups is 1. The lowest BCUT2D eigenvalue weighted by molar-refractivity contribution is -0.129. The smallest absolute Gasteiger partial charge is 0.236 e. The van der Waals surface area contributed by atoms with Gasteiger partial charge in [0.1, 0.15) is 0 Å². The van der Waals surface area contributed by atoms with Gasteiger partial charge in [0.05, 0.1) is 6.54 Å². The Balaban J connectivity index is 0.00000225. The molecule has 0 saturated heterocycles. The van der Waals surface area contributed by atoms with Crippen LogP contribution in [-0.4, -0.2) is 31.4 Å². The van der Waals surface area contributed by atoms with Crippen LogP contribution in [0.2, 0.25) is 0 Å². The largest absolute Gasteiger partial charge is 0.340 e. The number of nitrogens with one attached hydrogen (secondary N) is 1. The third kappa shape index (κ3) is 4.64. The van der Waals surface area contributed by atoms with E-state index < -0.39 is 0 Å². The number of hydrogen-bond acceptors (Lipinski definition) is 2. The Kier molecular flexibility index (Phi) is 6.77. The highest BCUT2D eigenvalue weighted by Gasteiger charge is 2.07. The minimum Gasteiger partial charge on any atom is -0.340 e. The molecule has 1 N–H and O–H groups in total. The standard InChI is InChI=1S/C12H18N2O.ClH/c1-10-5-4-6-11(7-10)9-14(3)12(15)8-13-2;/h4-7,13H,8-9H2,1-3H3;1H. The van der Waals surface area contributed by atoms with Gasteiger partial charge in [-0.3, -0.25) is 4.79 Å². The van der Waals surface area contributed by atoms with Crippen LogP contribution in [0, 0.1) is 6.92 Å². The van der Waals surface area contributed by atoms with Gasteiger partial charge in [-0.2, -0.15) is 0 Å². The maximum absolute atomic E-state index is 11.5. The van der Waals surface area contributed by atoms with Gasteiger partial charge in [-0.1, -0.05) is 29.8 Å². The minimum absolute atomic E-state index is 0. The lowest BCUT2D eigenvalue weighted by Crippen LogP contribution is -2.33. The number of benzene rings is 1. The van der Waals surface area contributed by atoms with Crippen molar-refractivity contribution in [2.24, 2.45) is 0 Å². The predicted molar refractivity (Wildman–Crippen MR) is 68.8 cm³/mol. The van der Waals surface area contributed by atoms with Gasteiger partial charge in [-0.05, 0) is 19.5 Å². The first-order chi connectivity index (χ1) is 7.13. The second-order valence-corrected chi connectivity index (χ2v) is 3.77. The van der Waals surface area contributed by atoms with E-state index >= 15 is 0 Å². The van der Waals surface area contributed by atoms with Gasteiger partial charge in [-0.25, -0.2) is 0 Å². The van der Waals surface area contributed by atoms with E-state index in [1.165, 1.54) is 11.1 Å². The molecule has 0 aliphatic rings. The molecule has 0 aliphatic heterocycles. The fraction of sp³-hybridized carbons (Fsp3) is 0.417. The number of aryl methyl sites for hydroxylation is 1. The van der Waals surface area contributed by atoms with E-state index in [4.69, 9.17) is 0 Å². The van der Waals surface area contributed by atoms with Gasteiger partial charge in [0, 0.05) is 13.6 Å². The van der Waals surface area contributed by atoms with Crippen molar-refractivity contribution >= 4 is 18.3 Å². The molecule has 0 heterocycles. The summed E-state index contributed by atoms with van der Waals surface area (Å²) in [5, 5.41) is 2.85. The quantitative estimate of drug-likeness (QED) is 0.870. The molecule has 0 aromatic heterocycles. The fourth-order valence-corrected chi connectivity index (χ4v) is 1.46. The number of likely N-dealkylation sites (N-methyl/N-ethyl adjacent to an activating group) is 2. The van der Waals surface area contributed by atoms with Crippen LogP contribution < -0.4 is 5.32 Å². The van der Waals surface area contributed by atoms with E-state index in [-0.39, 0.29) is 18.3 Å². The van der Waals surface area contributed by atoms with Gasteiger partial charge in [0.15, 0.2) is 0 Å². The van der Waals surface area contributed by atoms with Gasteiger partial charge in [-0.15, -0.1) is 12.4 Å². The summed E-state index contributed by atoms with van der Waals surface area (Å²) in [7, 11) is 3.60. The van der Waals surface area contributed by atoms with Crippen molar-refractivity contribution in [3.8, 4) is 0 Å². The number of amides is 1. The summed E-state index contributed by atoms with van der Waals surface area (Å²) in [5.41, 5.74) is 2.39. The van der Waals surface area contributed by atoms with Crippen molar-refractivity contribution in [2.75, 3.05) is 20.6 Å². The lowest BCUT2D eigenvalue weighted by atomic mass is 10.1. The molecule has 0 aliphatic carbocycles. The van der Waals surface area contributed by atoms with Crippen molar-refractivity contribution in [1.82, 2.24) is 10.2 Å². The SMILES string of the molecule is CNCC(=O)N(C)Cc1cccc(C)c1.Cl. The van der Waals surface area contributed by atoms with Gasteiger partial charge < -0.3 is 10.2 Å². The summed E-state index contributed by atoms with van der Waals surface area (Å²) in [6, 6.07) is 8.21. The highest BCUT2D eigenvalue weighted by molar-refractivity contribution is 5.85. The fourth-order valence-electron chi connectivity index (χ4n) is 1.46. The summed E-state index contributed by atoms with van der Waals surface area (Å²) < 4.78 is 0. The Morgan fingerprint density at radius 3 is 2.69 bits per heavy atom. The lowest BCUT2D eigenvalue weighted by Gasteiger charge is -2.17. The molecule has 90 valence electrons. The number of rotatable bonds is 4. The topological polar surface area (TPSA) is 32.3 Å². The van der Waals surface area contributed by atoms with E-state index in [1.54, 1.807) is 11.9 Å². The zero-order chi connectivity index (χ0) is 11.3.